The van der Waals surface area contributed by atoms with Gasteiger partial charge in [-0.1, -0.05) is 12.1 Å². The highest BCUT2D eigenvalue weighted by atomic mass is 19.1. The molecule has 0 aliphatic carbocycles. The van der Waals surface area contributed by atoms with Gasteiger partial charge in [0.25, 0.3) is 0 Å². The Bertz CT molecular complexity index is 677. The number of aromatic nitrogens is 1. The normalized spacial score (nSPS) is 10.0. The number of nitrogens with two attached hydrogens (primary N) is 1. The highest BCUT2D eigenvalue weighted by molar-refractivity contribution is 5.67. The molecule has 0 atom stereocenters. The quantitative estimate of drug-likeness (QED) is 0.870. The van der Waals surface area contributed by atoms with Crippen LogP contribution in [0.3, 0.4) is 0 Å². The number of pyridine rings is 1. The maximum Gasteiger partial charge on any atom is 0.169 e. The second kappa shape index (κ2) is 4.90. The van der Waals surface area contributed by atoms with Crippen molar-refractivity contribution in [3.05, 3.63) is 47.0 Å². The molecule has 4 nitrogen and oxygen atoms in total. The molecule has 0 aliphatic heterocycles. The second-order valence-electron chi connectivity index (χ2n) is 3.92. The molecule has 0 unspecified atom stereocenters. The number of anilines is 3. The zero-order valence-electron chi connectivity index (χ0n) is 10.0. The summed E-state index contributed by atoms with van der Waals surface area (Å²) in [5, 5.41) is 11.7. The SMILES string of the molecule is Cc1cccc(Nc2nc(N)c(F)cc2F)c1C#N. The Balaban J connectivity index is 2.45. The van der Waals surface area contributed by atoms with Gasteiger partial charge in [0.15, 0.2) is 23.3 Å². The fraction of sp³-hybridized carbons (Fsp3) is 0.0769. The predicted molar refractivity (Wildman–Crippen MR) is 67.7 cm³/mol. The largest absolute Gasteiger partial charge is 0.381 e. The van der Waals surface area contributed by atoms with Crippen molar-refractivity contribution < 1.29 is 8.78 Å². The molecule has 0 amide bonds. The number of nitriles is 1. The van der Waals surface area contributed by atoms with Crippen LogP contribution in [-0.2, 0) is 0 Å². The smallest absolute Gasteiger partial charge is 0.169 e. The van der Waals surface area contributed by atoms with Crippen LogP contribution in [0.1, 0.15) is 11.1 Å². The zero-order chi connectivity index (χ0) is 14.0. The van der Waals surface area contributed by atoms with Crippen LogP contribution in [0.5, 0.6) is 0 Å². The van der Waals surface area contributed by atoms with E-state index >= 15 is 0 Å². The van der Waals surface area contributed by atoms with E-state index < -0.39 is 17.5 Å². The number of benzene rings is 1. The standard InChI is InChI=1S/C13H10F2N4/c1-7-3-2-4-11(8(7)6-16)18-13-10(15)5-9(14)12(17)19-13/h2-5H,1H3,(H3,17,18,19). The molecule has 2 aromatic rings. The Hall–Kier alpha value is -2.68. The highest BCUT2D eigenvalue weighted by Gasteiger charge is 2.12. The summed E-state index contributed by atoms with van der Waals surface area (Å²) in [6.07, 6.45) is 0. The van der Waals surface area contributed by atoms with E-state index in [0.29, 0.717) is 17.3 Å². The first-order valence-electron chi connectivity index (χ1n) is 5.41. The monoisotopic (exact) mass is 260 g/mol. The van der Waals surface area contributed by atoms with E-state index in [1.807, 2.05) is 6.07 Å². The van der Waals surface area contributed by atoms with E-state index in [1.54, 1.807) is 25.1 Å². The van der Waals surface area contributed by atoms with Crippen molar-refractivity contribution in [2.75, 3.05) is 11.1 Å². The fourth-order valence-electron chi connectivity index (χ4n) is 1.62. The maximum atomic E-state index is 13.5. The number of nitrogen functional groups attached to an aromatic ring is 1. The number of hydrogen-bond acceptors (Lipinski definition) is 4. The summed E-state index contributed by atoms with van der Waals surface area (Å²) < 4.78 is 26.5. The first-order chi connectivity index (χ1) is 9.02. The van der Waals surface area contributed by atoms with Gasteiger partial charge in [0, 0.05) is 6.07 Å². The van der Waals surface area contributed by atoms with Crippen LogP contribution in [0.2, 0.25) is 0 Å². The summed E-state index contributed by atoms with van der Waals surface area (Å²) >= 11 is 0. The summed E-state index contributed by atoms with van der Waals surface area (Å²) in [4.78, 5) is 3.58. The Kier molecular flexibility index (Phi) is 3.29. The van der Waals surface area contributed by atoms with E-state index in [0.717, 1.165) is 5.56 Å². The van der Waals surface area contributed by atoms with E-state index in [2.05, 4.69) is 10.3 Å². The van der Waals surface area contributed by atoms with Crippen LogP contribution in [-0.4, -0.2) is 4.98 Å². The number of nitrogens with one attached hydrogen (secondary N) is 1. The summed E-state index contributed by atoms with van der Waals surface area (Å²) in [5.74, 6) is -2.43. The van der Waals surface area contributed by atoms with Gasteiger partial charge in [0.2, 0.25) is 0 Å². The molecule has 1 aromatic heterocycles. The third kappa shape index (κ3) is 2.45. The maximum absolute atomic E-state index is 13.5. The summed E-state index contributed by atoms with van der Waals surface area (Å²) in [7, 11) is 0. The number of aryl methyl sites for hydroxylation is 1. The summed E-state index contributed by atoms with van der Waals surface area (Å²) in [6.45, 7) is 1.76. The Morgan fingerprint density at radius 1 is 1.32 bits per heavy atom. The van der Waals surface area contributed by atoms with Crippen LogP contribution >= 0.6 is 0 Å². The molecule has 3 N–H and O–H groups in total. The number of rotatable bonds is 2. The van der Waals surface area contributed by atoms with Gasteiger partial charge in [0.1, 0.15) is 6.07 Å². The van der Waals surface area contributed by atoms with Gasteiger partial charge in [-0.2, -0.15) is 5.26 Å². The van der Waals surface area contributed by atoms with Gasteiger partial charge in [-0.15, -0.1) is 0 Å². The molecule has 0 fully saturated rings. The van der Waals surface area contributed by atoms with Gasteiger partial charge in [0.05, 0.1) is 11.3 Å². The average molecular weight is 260 g/mol. The Morgan fingerprint density at radius 3 is 2.74 bits per heavy atom. The highest BCUT2D eigenvalue weighted by Crippen LogP contribution is 2.25. The van der Waals surface area contributed by atoms with Crippen molar-refractivity contribution in [3.8, 4) is 6.07 Å². The molecule has 0 bridgehead atoms. The summed E-state index contributed by atoms with van der Waals surface area (Å²) in [6, 6.07) is 7.73. The van der Waals surface area contributed by atoms with Crippen molar-refractivity contribution >= 4 is 17.3 Å². The number of hydrogen-bond donors (Lipinski definition) is 2. The average Bonchev–Trinajstić information content (AvgIpc) is 2.36. The first kappa shape index (κ1) is 12.8. The predicted octanol–water partition coefficient (Wildman–Crippen LogP) is 2.87. The minimum Gasteiger partial charge on any atom is -0.381 e. The van der Waals surface area contributed by atoms with Crippen LogP contribution < -0.4 is 11.1 Å². The lowest BCUT2D eigenvalue weighted by molar-refractivity contribution is 0.581. The molecular formula is C13H10F2N4. The molecule has 0 aliphatic rings. The minimum absolute atomic E-state index is 0.221. The van der Waals surface area contributed by atoms with Gasteiger partial charge in [-0.05, 0) is 18.6 Å². The van der Waals surface area contributed by atoms with Crippen LogP contribution in [0.4, 0.5) is 26.1 Å². The third-order valence-electron chi connectivity index (χ3n) is 2.59. The molecule has 6 heteroatoms. The number of nitrogens with zero attached hydrogens (tertiary/aromatic N) is 2. The molecule has 0 spiro atoms. The van der Waals surface area contributed by atoms with E-state index in [4.69, 9.17) is 11.0 Å². The lowest BCUT2D eigenvalue weighted by Gasteiger charge is -2.10. The lowest BCUT2D eigenvalue weighted by Crippen LogP contribution is -2.04. The number of halogens is 2. The molecule has 1 aromatic carbocycles. The lowest BCUT2D eigenvalue weighted by atomic mass is 10.1. The zero-order valence-corrected chi connectivity index (χ0v) is 10.0. The van der Waals surface area contributed by atoms with E-state index in [1.165, 1.54) is 0 Å². The van der Waals surface area contributed by atoms with Gasteiger partial charge in [-0.25, -0.2) is 13.8 Å². The fourth-order valence-corrected chi connectivity index (χ4v) is 1.62. The first-order valence-corrected chi connectivity index (χ1v) is 5.41. The third-order valence-corrected chi connectivity index (χ3v) is 2.59. The Morgan fingerprint density at radius 2 is 2.05 bits per heavy atom. The van der Waals surface area contributed by atoms with Crippen molar-refractivity contribution in [1.82, 2.24) is 4.98 Å². The van der Waals surface area contributed by atoms with Crippen molar-refractivity contribution in [2.45, 2.75) is 6.92 Å². The topological polar surface area (TPSA) is 74.7 Å². The Labute approximate surface area is 108 Å². The van der Waals surface area contributed by atoms with Gasteiger partial charge >= 0.3 is 0 Å². The van der Waals surface area contributed by atoms with Crippen molar-refractivity contribution in [3.63, 3.8) is 0 Å². The van der Waals surface area contributed by atoms with E-state index in [-0.39, 0.29) is 5.82 Å². The molecule has 1 heterocycles. The van der Waals surface area contributed by atoms with Crippen molar-refractivity contribution in [1.29, 1.82) is 5.26 Å². The minimum atomic E-state index is -0.923. The molecule has 96 valence electrons. The van der Waals surface area contributed by atoms with Crippen LogP contribution in [0.15, 0.2) is 24.3 Å². The molecule has 2 rings (SSSR count). The second-order valence-corrected chi connectivity index (χ2v) is 3.92. The van der Waals surface area contributed by atoms with Crippen molar-refractivity contribution in [2.24, 2.45) is 0 Å². The molecule has 0 saturated heterocycles. The van der Waals surface area contributed by atoms with Crippen LogP contribution in [0.25, 0.3) is 0 Å². The van der Waals surface area contributed by atoms with Gasteiger partial charge in [-0.3, -0.25) is 0 Å². The molecule has 0 saturated carbocycles. The van der Waals surface area contributed by atoms with E-state index in [9.17, 15) is 8.78 Å². The molecule has 19 heavy (non-hydrogen) atoms. The van der Waals surface area contributed by atoms with Gasteiger partial charge < -0.3 is 11.1 Å². The molecule has 0 radical (unpaired) electrons. The van der Waals surface area contributed by atoms with Crippen LogP contribution in [0, 0.1) is 29.9 Å². The molecular weight excluding hydrogens is 250 g/mol. The summed E-state index contributed by atoms with van der Waals surface area (Å²) in [5.41, 5.74) is 6.78.